The molecule has 0 saturated heterocycles. The van der Waals surface area contributed by atoms with Crippen LogP contribution in [0.2, 0.25) is 18.1 Å². The van der Waals surface area contributed by atoms with Crippen molar-refractivity contribution in [1.29, 1.82) is 0 Å². The second-order valence-corrected chi connectivity index (χ2v) is 17.2. The predicted molar refractivity (Wildman–Crippen MR) is 172 cm³/mol. The maximum absolute atomic E-state index is 12.9. The van der Waals surface area contributed by atoms with Gasteiger partial charge in [0.1, 0.15) is 30.9 Å². The number of carbonyl (C=O) groups excluding carboxylic acids is 2. The first kappa shape index (κ1) is 39.7. The number of methoxy groups -OCH3 is 2. The molecule has 11 heteroatoms. The molecule has 0 N–H and O–H groups in total. The summed E-state index contributed by atoms with van der Waals surface area (Å²) in [4.78, 5) is 25.7. The molecule has 1 aromatic rings. The van der Waals surface area contributed by atoms with E-state index in [0.29, 0.717) is 26.2 Å². The summed E-state index contributed by atoms with van der Waals surface area (Å²) in [6.07, 6.45) is -0.442. The Morgan fingerprint density at radius 2 is 1.57 bits per heavy atom. The number of benzene rings is 1. The Morgan fingerprint density at radius 3 is 2.14 bits per heavy atom. The van der Waals surface area contributed by atoms with E-state index in [4.69, 9.17) is 37.6 Å². The van der Waals surface area contributed by atoms with E-state index in [-0.39, 0.29) is 30.8 Å². The third-order valence-corrected chi connectivity index (χ3v) is 12.2. The zero-order valence-corrected chi connectivity index (χ0v) is 29.5. The summed E-state index contributed by atoms with van der Waals surface area (Å²) in [5.74, 6) is -0.0271. The molecule has 0 radical (unpaired) electrons. The van der Waals surface area contributed by atoms with Gasteiger partial charge >= 0.3 is 11.9 Å². The lowest BCUT2D eigenvalue weighted by molar-refractivity contribution is -0.162. The van der Waals surface area contributed by atoms with Gasteiger partial charge < -0.3 is 37.6 Å². The lowest BCUT2D eigenvalue weighted by Gasteiger charge is -2.40. The zero-order chi connectivity index (χ0) is 33.3. The molecule has 4 unspecified atom stereocenters. The molecular weight excluding hydrogens is 584 g/mol. The van der Waals surface area contributed by atoms with Crippen LogP contribution in [-0.2, 0) is 49.0 Å². The number of rotatable bonds is 22. The van der Waals surface area contributed by atoms with Crippen LogP contribution in [0.3, 0.4) is 0 Å². The van der Waals surface area contributed by atoms with E-state index in [1.165, 1.54) is 0 Å². The average molecular weight is 641 g/mol. The van der Waals surface area contributed by atoms with Gasteiger partial charge in [0, 0.05) is 13.5 Å². The zero-order valence-electron chi connectivity index (χ0n) is 28.5. The fourth-order valence-corrected chi connectivity index (χ4v) is 5.27. The summed E-state index contributed by atoms with van der Waals surface area (Å²) in [6, 6.07) is 7.57. The van der Waals surface area contributed by atoms with Crippen LogP contribution in [0, 0.1) is 0 Å². The number of hydrogen-bond acceptors (Lipinski definition) is 10. The van der Waals surface area contributed by atoms with E-state index in [2.05, 4.69) is 40.4 Å². The molecule has 0 spiro atoms. The summed E-state index contributed by atoms with van der Waals surface area (Å²) >= 11 is 0. The van der Waals surface area contributed by atoms with Crippen LogP contribution >= 0.6 is 0 Å². The number of esters is 2. The summed E-state index contributed by atoms with van der Waals surface area (Å²) in [6.45, 7) is 21.1. The van der Waals surface area contributed by atoms with Gasteiger partial charge in [0.2, 0.25) is 0 Å². The molecule has 252 valence electrons. The van der Waals surface area contributed by atoms with E-state index < -0.39 is 44.7 Å². The number of hydrogen-bond donors (Lipinski definition) is 0. The second-order valence-electron chi connectivity index (χ2n) is 12.4. The first-order chi connectivity index (χ1) is 20.6. The first-order valence-corrected chi connectivity index (χ1v) is 18.2. The molecule has 0 saturated carbocycles. The van der Waals surface area contributed by atoms with Gasteiger partial charge in [-0.25, -0.2) is 0 Å². The smallest absolute Gasteiger partial charge is 0.308 e. The highest BCUT2D eigenvalue weighted by atomic mass is 28.4. The molecule has 5 atom stereocenters. The molecule has 0 heterocycles. The molecular formula is C33H56O10Si. The Labute approximate surface area is 265 Å². The lowest BCUT2D eigenvalue weighted by atomic mass is 10.1. The third-order valence-electron chi connectivity index (χ3n) is 7.66. The Balaban J connectivity index is 2.74. The highest BCUT2D eigenvalue weighted by Gasteiger charge is 2.41. The molecule has 0 fully saturated rings. The Kier molecular flexibility index (Phi) is 18.0. The van der Waals surface area contributed by atoms with Crippen LogP contribution in [-0.4, -0.2) is 85.0 Å². The maximum Gasteiger partial charge on any atom is 0.308 e. The van der Waals surface area contributed by atoms with Gasteiger partial charge in [0.05, 0.1) is 45.6 Å². The van der Waals surface area contributed by atoms with Crippen molar-refractivity contribution in [1.82, 2.24) is 0 Å². The Hall–Kier alpha value is -2.28. The quantitative estimate of drug-likeness (QED) is 0.0477. The molecule has 1 aromatic carbocycles. The summed E-state index contributed by atoms with van der Waals surface area (Å²) in [5.41, 5.74) is 0.977. The SMILES string of the molecule is C=CC(OCOCCOC)C(C)OC(=O)CCC(O[Si](C)(C)C(C)(C)C)[C@H](C)OC(=O)CC(C)OCc1ccc(OC)cc1. The van der Waals surface area contributed by atoms with E-state index in [0.717, 1.165) is 11.3 Å². The van der Waals surface area contributed by atoms with Crippen molar-refractivity contribution >= 4 is 20.3 Å². The van der Waals surface area contributed by atoms with Gasteiger partial charge in [-0.05, 0) is 63.0 Å². The van der Waals surface area contributed by atoms with Crippen molar-refractivity contribution < 1.29 is 47.2 Å². The van der Waals surface area contributed by atoms with E-state index in [1.54, 1.807) is 34.1 Å². The maximum atomic E-state index is 12.9. The summed E-state index contributed by atoms with van der Waals surface area (Å²) < 4.78 is 45.1. The minimum Gasteiger partial charge on any atom is -0.497 e. The Bertz CT molecular complexity index is 976. The van der Waals surface area contributed by atoms with Crippen LogP contribution in [0.25, 0.3) is 0 Å². The van der Waals surface area contributed by atoms with Crippen LogP contribution in [0.15, 0.2) is 36.9 Å². The van der Waals surface area contributed by atoms with Gasteiger partial charge in [-0.2, -0.15) is 0 Å². The van der Waals surface area contributed by atoms with Gasteiger partial charge in [-0.15, -0.1) is 6.58 Å². The van der Waals surface area contributed by atoms with E-state index in [1.807, 2.05) is 31.2 Å². The second kappa shape index (κ2) is 20.0. The molecule has 0 bridgehead atoms. The molecule has 0 aliphatic carbocycles. The third kappa shape index (κ3) is 15.1. The van der Waals surface area contributed by atoms with Crippen molar-refractivity contribution in [2.24, 2.45) is 0 Å². The molecule has 1 rings (SSSR count). The molecule has 0 aliphatic heterocycles. The molecule has 44 heavy (non-hydrogen) atoms. The van der Waals surface area contributed by atoms with Crippen LogP contribution in [0.4, 0.5) is 0 Å². The van der Waals surface area contributed by atoms with Gasteiger partial charge in [-0.3, -0.25) is 9.59 Å². The number of carbonyl (C=O) groups is 2. The van der Waals surface area contributed by atoms with Crippen molar-refractivity contribution in [2.75, 3.05) is 34.2 Å². The van der Waals surface area contributed by atoms with Crippen LogP contribution in [0.1, 0.15) is 66.4 Å². The van der Waals surface area contributed by atoms with Crippen molar-refractivity contribution in [3.05, 3.63) is 42.5 Å². The van der Waals surface area contributed by atoms with Crippen molar-refractivity contribution in [2.45, 2.75) is 116 Å². The predicted octanol–water partition coefficient (Wildman–Crippen LogP) is 6.22. The van der Waals surface area contributed by atoms with E-state index in [9.17, 15) is 9.59 Å². The standard InChI is InChI=1S/C33H56O10Si/c1-12-29(40-23-38-20-19-36-8)25(3)41-31(34)18-17-30(43-44(10,11)33(5,6)7)26(4)42-32(35)21-24(2)39-22-27-13-15-28(37-9)16-14-27/h12-16,24-26,29-30H,1,17-23H2,2-11H3/t24?,25?,26-,29?,30?/m0/s1. The summed E-state index contributed by atoms with van der Waals surface area (Å²) in [7, 11) is 0.952. The fourth-order valence-electron chi connectivity index (χ4n) is 3.85. The Morgan fingerprint density at radius 1 is 0.932 bits per heavy atom. The largest absolute Gasteiger partial charge is 0.497 e. The molecule has 10 nitrogen and oxygen atoms in total. The highest BCUT2D eigenvalue weighted by molar-refractivity contribution is 6.74. The molecule has 0 aliphatic rings. The average Bonchev–Trinajstić information content (AvgIpc) is 2.95. The van der Waals surface area contributed by atoms with Gasteiger partial charge in [0.15, 0.2) is 8.32 Å². The fraction of sp³-hybridized carbons (Fsp3) is 0.697. The van der Waals surface area contributed by atoms with Gasteiger partial charge in [-0.1, -0.05) is 39.0 Å². The topological polar surface area (TPSA) is 108 Å². The molecule has 0 aromatic heterocycles. The van der Waals surface area contributed by atoms with E-state index >= 15 is 0 Å². The number of ether oxygens (including phenoxy) is 7. The van der Waals surface area contributed by atoms with Crippen molar-refractivity contribution in [3.63, 3.8) is 0 Å². The monoisotopic (exact) mass is 640 g/mol. The van der Waals surface area contributed by atoms with Crippen LogP contribution < -0.4 is 4.74 Å². The first-order valence-electron chi connectivity index (χ1n) is 15.3. The minimum atomic E-state index is -2.26. The lowest BCUT2D eigenvalue weighted by Crippen LogP contribution is -2.47. The van der Waals surface area contributed by atoms with Crippen LogP contribution in [0.5, 0.6) is 5.75 Å². The van der Waals surface area contributed by atoms with Gasteiger partial charge in [0.25, 0.3) is 0 Å². The molecule has 0 amide bonds. The minimum absolute atomic E-state index is 0.0262. The van der Waals surface area contributed by atoms with Crippen molar-refractivity contribution in [3.8, 4) is 5.75 Å². The summed E-state index contributed by atoms with van der Waals surface area (Å²) in [5, 5.41) is -0.0757. The normalized spacial score (nSPS) is 15.5. The highest BCUT2D eigenvalue weighted by Crippen LogP contribution is 2.38.